The molecular formula is C32H54O2. The molecule has 2 saturated carbocycles. The second-order valence-electron chi connectivity index (χ2n) is 14.4. The Kier molecular flexibility index (Phi) is 6.82. The van der Waals surface area contributed by atoms with Gasteiger partial charge < -0.3 is 9.84 Å². The maximum Gasteiger partial charge on any atom is 0.0752 e. The number of aliphatic hydroxyl groups is 1. The average molecular weight is 471 g/mol. The zero-order valence-corrected chi connectivity index (χ0v) is 23.9. The number of fused-ring (bicyclic) bond motifs is 4. The highest BCUT2D eigenvalue weighted by molar-refractivity contribution is 5.38. The molecule has 2 nitrogen and oxygen atoms in total. The van der Waals surface area contributed by atoms with E-state index in [1.165, 1.54) is 51.4 Å². The summed E-state index contributed by atoms with van der Waals surface area (Å²) in [5.41, 5.74) is 5.95. The smallest absolute Gasteiger partial charge is 0.0752 e. The zero-order valence-electron chi connectivity index (χ0n) is 23.9. The molecule has 0 aliphatic heterocycles. The van der Waals surface area contributed by atoms with E-state index < -0.39 is 0 Å². The molecule has 34 heavy (non-hydrogen) atoms. The summed E-state index contributed by atoms with van der Waals surface area (Å²) in [6, 6.07) is 0. The van der Waals surface area contributed by atoms with E-state index in [0.717, 1.165) is 17.9 Å². The molecule has 0 heterocycles. The molecule has 0 aromatic carbocycles. The van der Waals surface area contributed by atoms with Crippen LogP contribution in [-0.4, -0.2) is 24.4 Å². The first kappa shape index (κ1) is 26.5. The van der Waals surface area contributed by atoms with E-state index in [4.69, 9.17) is 4.74 Å². The number of hydrogen-bond acceptors (Lipinski definition) is 2. The fourth-order valence-electron chi connectivity index (χ4n) is 10.1. The van der Waals surface area contributed by atoms with Crippen molar-refractivity contribution in [1.29, 1.82) is 0 Å². The maximum absolute atomic E-state index is 10.9. The lowest BCUT2D eigenvalue weighted by atomic mass is 9.43. The number of hydrogen-bond donors (Lipinski definition) is 1. The molecule has 4 rings (SSSR count). The number of rotatable bonds is 6. The Balaban J connectivity index is 1.63. The molecule has 1 N–H and O–H groups in total. The van der Waals surface area contributed by atoms with E-state index in [2.05, 4.69) is 62.0 Å². The fourth-order valence-corrected chi connectivity index (χ4v) is 10.1. The van der Waals surface area contributed by atoms with Crippen LogP contribution >= 0.6 is 0 Å². The van der Waals surface area contributed by atoms with Crippen LogP contribution in [0.3, 0.4) is 0 Å². The molecule has 2 heteroatoms. The number of ether oxygens (including phenoxy) is 1. The van der Waals surface area contributed by atoms with Crippen molar-refractivity contribution in [3.05, 3.63) is 23.3 Å². The summed E-state index contributed by atoms with van der Waals surface area (Å²) >= 11 is 0. The molecule has 0 amide bonds. The molecule has 4 aliphatic rings. The van der Waals surface area contributed by atoms with Gasteiger partial charge in [0.25, 0.3) is 0 Å². The minimum Gasteiger partial charge on any atom is -0.389 e. The van der Waals surface area contributed by atoms with Crippen LogP contribution in [0, 0.1) is 45.3 Å². The Morgan fingerprint density at radius 2 is 1.65 bits per heavy atom. The highest BCUT2D eigenvalue weighted by atomic mass is 16.5. The van der Waals surface area contributed by atoms with Crippen molar-refractivity contribution in [3.8, 4) is 0 Å². The molecule has 0 bridgehead atoms. The summed E-state index contributed by atoms with van der Waals surface area (Å²) in [6.07, 6.45) is 11.2. The normalized spacial score (nSPS) is 43.2. The van der Waals surface area contributed by atoms with Crippen LogP contribution in [0.15, 0.2) is 23.3 Å². The van der Waals surface area contributed by atoms with Gasteiger partial charge in [-0.05, 0) is 109 Å². The molecule has 0 unspecified atom stereocenters. The fraction of sp³-hybridized carbons (Fsp3) is 0.875. The molecule has 194 valence electrons. The summed E-state index contributed by atoms with van der Waals surface area (Å²) in [5.74, 6) is 2.29. The van der Waals surface area contributed by atoms with Gasteiger partial charge in [-0.15, -0.1) is 0 Å². The number of methoxy groups -OCH3 is 1. The Hall–Kier alpha value is -0.600. The van der Waals surface area contributed by atoms with Crippen LogP contribution in [0.25, 0.3) is 0 Å². The van der Waals surface area contributed by atoms with E-state index in [1.807, 2.05) is 18.3 Å². The highest BCUT2D eigenvalue weighted by Gasteiger charge is 2.63. The molecule has 2 fully saturated rings. The first-order chi connectivity index (χ1) is 15.7. The van der Waals surface area contributed by atoms with Gasteiger partial charge in [0, 0.05) is 7.11 Å². The van der Waals surface area contributed by atoms with Gasteiger partial charge in [0.2, 0.25) is 0 Å². The molecule has 0 spiro atoms. The number of allylic oxidation sites excluding steroid dienone is 2. The van der Waals surface area contributed by atoms with Gasteiger partial charge in [-0.25, -0.2) is 0 Å². The van der Waals surface area contributed by atoms with E-state index >= 15 is 0 Å². The molecule has 0 aromatic rings. The Morgan fingerprint density at radius 3 is 2.26 bits per heavy atom. The van der Waals surface area contributed by atoms with Crippen LogP contribution in [0.2, 0.25) is 0 Å². The van der Waals surface area contributed by atoms with Crippen molar-refractivity contribution in [3.63, 3.8) is 0 Å². The van der Waals surface area contributed by atoms with E-state index in [1.54, 1.807) is 0 Å². The largest absolute Gasteiger partial charge is 0.389 e. The summed E-state index contributed by atoms with van der Waals surface area (Å²) in [4.78, 5) is 0. The third-order valence-electron chi connectivity index (χ3n) is 12.5. The topological polar surface area (TPSA) is 29.5 Å². The van der Waals surface area contributed by atoms with Crippen molar-refractivity contribution in [1.82, 2.24) is 0 Å². The molecule has 0 radical (unpaired) electrons. The van der Waals surface area contributed by atoms with Gasteiger partial charge in [-0.2, -0.15) is 0 Å². The van der Waals surface area contributed by atoms with E-state index in [9.17, 15) is 5.11 Å². The second-order valence-corrected chi connectivity index (χ2v) is 14.4. The quantitative estimate of drug-likeness (QED) is 0.395. The van der Waals surface area contributed by atoms with Crippen molar-refractivity contribution < 1.29 is 9.84 Å². The summed E-state index contributed by atoms with van der Waals surface area (Å²) in [7, 11) is 1.92. The lowest BCUT2D eigenvalue weighted by Gasteiger charge is -2.62. The predicted octanol–water partition coefficient (Wildman–Crippen LogP) is 8.35. The number of aliphatic hydroxyl groups excluding tert-OH is 1. The SMILES string of the molecule is C=C(C(C)C)[C@H](O)C[C@@H](C)[C@H]1CC[C@@]2(C)C3=C(CC[C@]12C)[C@@]1(C)CC[C@H](OC)C(C)(C)[C@@H]1CC3. The Bertz CT molecular complexity index is 836. The molecular weight excluding hydrogens is 416 g/mol. The van der Waals surface area contributed by atoms with Gasteiger partial charge in [0.05, 0.1) is 12.2 Å². The van der Waals surface area contributed by atoms with Gasteiger partial charge in [-0.3, -0.25) is 0 Å². The van der Waals surface area contributed by atoms with Crippen LogP contribution < -0.4 is 0 Å². The van der Waals surface area contributed by atoms with Gasteiger partial charge in [0.1, 0.15) is 0 Å². The Morgan fingerprint density at radius 1 is 0.971 bits per heavy atom. The minimum absolute atomic E-state index is 0.240. The van der Waals surface area contributed by atoms with Crippen LogP contribution in [0.4, 0.5) is 0 Å². The first-order valence-electron chi connectivity index (χ1n) is 14.4. The Labute approximate surface area is 211 Å². The third-order valence-corrected chi connectivity index (χ3v) is 12.5. The monoisotopic (exact) mass is 470 g/mol. The van der Waals surface area contributed by atoms with Crippen molar-refractivity contribution in [2.75, 3.05) is 7.11 Å². The molecule has 8 atom stereocenters. The van der Waals surface area contributed by atoms with Gasteiger partial charge in [0.15, 0.2) is 0 Å². The minimum atomic E-state index is -0.364. The van der Waals surface area contributed by atoms with Crippen LogP contribution in [0.1, 0.15) is 113 Å². The maximum atomic E-state index is 10.9. The first-order valence-corrected chi connectivity index (χ1v) is 14.4. The third kappa shape index (κ3) is 3.63. The van der Waals surface area contributed by atoms with E-state index in [0.29, 0.717) is 40.1 Å². The van der Waals surface area contributed by atoms with Crippen molar-refractivity contribution in [2.45, 2.75) is 125 Å². The lowest BCUT2D eigenvalue weighted by Crippen LogP contribution is -2.55. The van der Waals surface area contributed by atoms with Crippen LogP contribution in [-0.2, 0) is 4.74 Å². The summed E-state index contributed by atoms with van der Waals surface area (Å²) < 4.78 is 6.00. The molecule has 0 saturated heterocycles. The summed E-state index contributed by atoms with van der Waals surface area (Å²) in [6.45, 7) is 23.7. The lowest BCUT2D eigenvalue weighted by molar-refractivity contribution is -0.112. The van der Waals surface area contributed by atoms with Crippen molar-refractivity contribution >= 4 is 0 Å². The van der Waals surface area contributed by atoms with E-state index in [-0.39, 0.29) is 11.5 Å². The standard InChI is InChI=1S/C32H54O2/c1-20(2)22(4)26(33)19-21(3)23-13-17-32(9)25-11-12-27-29(5,6)28(34-10)15-16-30(27,7)24(25)14-18-31(23,32)8/h20-21,23,26-28,33H,4,11-19H2,1-3,5-10H3/t21-,23-,26-,27+,28+,30-,31-,32+/m1/s1. The van der Waals surface area contributed by atoms with Crippen molar-refractivity contribution in [2.24, 2.45) is 45.3 Å². The van der Waals surface area contributed by atoms with Crippen LogP contribution in [0.5, 0.6) is 0 Å². The second kappa shape index (κ2) is 8.76. The highest BCUT2D eigenvalue weighted by Crippen LogP contribution is 2.72. The van der Waals surface area contributed by atoms with Gasteiger partial charge >= 0.3 is 0 Å². The van der Waals surface area contributed by atoms with Gasteiger partial charge in [-0.1, -0.05) is 73.1 Å². The predicted molar refractivity (Wildman–Crippen MR) is 144 cm³/mol. The molecule has 4 aliphatic carbocycles. The average Bonchev–Trinajstić information content (AvgIpc) is 3.04. The molecule has 0 aromatic heterocycles. The zero-order chi connectivity index (χ0) is 25.3. The summed E-state index contributed by atoms with van der Waals surface area (Å²) in [5, 5.41) is 10.9.